The lowest BCUT2D eigenvalue weighted by molar-refractivity contribution is 0.258. The minimum Gasteiger partial charge on any atom is -0.396 e. The van der Waals surface area contributed by atoms with Crippen molar-refractivity contribution in [2.24, 2.45) is 0 Å². The fourth-order valence-corrected chi connectivity index (χ4v) is 4.25. The average molecular weight is 493 g/mol. The molecule has 0 saturated heterocycles. The molecule has 8 nitrogen and oxygen atoms in total. The monoisotopic (exact) mass is 492 g/mol. The van der Waals surface area contributed by atoms with E-state index in [4.69, 9.17) is 5.11 Å². The molecule has 8 heteroatoms. The van der Waals surface area contributed by atoms with Crippen molar-refractivity contribution in [3.63, 3.8) is 0 Å². The number of benzene rings is 2. The van der Waals surface area contributed by atoms with Gasteiger partial charge in [-0.25, -0.2) is 9.69 Å². The lowest BCUT2D eigenvalue weighted by Crippen LogP contribution is -2.32. The summed E-state index contributed by atoms with van der Waals surface area (Å²) in [5.41, 5.74) is 3.71. The van der Waals surface area contributed by atoms with Crippen molar-refractivity contribution in [3.8, 4) is 0 Å². The summed E-state index contributed by atoms with van der Waals surface area (Å²) in [6.07, 6.45) is 6.16. The summed E-state index contributed by atoms with van der Waals surface area (Å²) in [6.45, 7) is 9.42. The molecule has 1 aromatic heterocycles. The Morgan fingerprint density at radius 1 is 0.889 bits per heavy atom. The minimum atomic E-state index is -0.320. The Balaban J connectivity index is 1.79. The maximum atomic E-state index is 13.7. The number of aliphatic hydroxyl groups excluding tert-OH is 1. The first kappa shape index (κ1) is 27.3. The molecular formula is C28H40N6O2. The fourth-order valence-electron chi connectivity index (χ4n) is 4.25. The number of nitrogens with one attached hydrogen (secondary N) is 1. The zero-order valence-electron chi connectivity index (χ0n) is 22.0. The molecule has 0 spiro atoms. The fraction of sp³-hybridized carbons (Fsp3) is 0.500. The van der Waals surface area contributed by atoms with Gasteiger partial charge in [-0.2, -0.15) is 4.80 Å². The first-order chi connectivity index (χ1) is 17.4. The highest BCUT2D eigenvalue weighted by Gasteiger charge is 2.25. The van der Waals surface area contributed by atoms with Crippen LogP contribution in [0.15, 0.2) is 48.5 Å². The summed E-state index contributed by atoms with van der Waals surface area (Å²) < 4.78 is 0. The molecule has 0 fully saturated rings. The van der Waals surface area contributed by atoms with E-state index in [1.807, 2.05) is 30.3 Å². The van der Waals surface area contributed by atoms with Crippen molar-refractivity contribution in [3.05, 3.63) is 59.7 Å². The van der Waals surface area contributed by atoms with Crippen LogP contribution in [0.5, 0.6) is 0 Å². The Hall–Kier alpha value is -3.26. The van der Waals surface area contributed by atoms with Gasteiger partial charge in [0, 0.05) is 12.3 Å². The summed E-state index contributed by atoms with van der Waals surface area (Å²) >= 11 is 0. The highest BCUT2D eigenvalue weighted by Crippen LogP contribution is 2.33. The van der Waals surface area contributed by atoms with E-state index in [0.29, 0.717) is 12.2 Å². The van der Waals surface area contributed by atoms with Crippen LogP contribution in [0.2, 0.25) is 0 Å². The number of aliphatic hydroxyl groups is 1. The summed E-state index contributed by atoms with van der Waals surface area (Å²) in [6, 6.07) is 15.3. The Bertz CT molecular complexity index is 1050. The van der Waals surface area contributed by atoms with Crippen molar-refractivity contribution in [1.29, 1.82) is 0 Å². The van der Waals surface area contributed by atoms with Crippen LogP contribution in [0.1, 0.15) is 89.2 Å². The van der Waals surface area contributed by atoms with Crippen molar-refractivity contribution in [2.45, 2.75) is 84.6 Å². The lowest BCUT2D eigenvalue weighted by atomic mass is 9.93. The lowest BCUT2D eigenvalue weighted by Gasteiger charge is -2.24. The SMILES string of the molecule is CC(C)c1cccc(C(C)C)c1NC(=O)N(c1ccccc1)c1nnn(CCCCCCCCO)n1. The van der Waals surface area contributed by atoms with Gasteiger partial charge in [-0.1, -0.05) is 94.9 Å². The van der Waals surface area contributed by atoms with Gasteiger partial charge >= 0.3 is 6.03 Å². The van der Waals surface area contributed by atoms with Gasteiger partial charge in [0.25, 0.3) is 5.95 Å². The minimum absolute atomic E-state index is 0.245. The van der Waals surface area contributed by atoms with E-state index in [2.05, 4.69) is 66.6 Å². The maximum absolute atomic E-state index is 13.7. The largest absolute Gasteiger partial charge is 0.396 e. The molecule has 0 aliphatic heterocycles. The molecule has 0 atom stereocenters. The second-order valence-corrected chi connectivity index (χ2v) is 9.75. The first-order valence-electron chi connectivity index (χ1n) is 13.1. The van der Waals surface area contributed by atoms with Crippen LogP contribution >= 0.6 is 0 Å². The number of anilines is 3. The number of nitrogens with zero attached hydrogens (tertiary/aromatic N) is 5. The molecule has 3 aromatic rings. The van der Waals surface area contributed by atoms with Crippen LogP contribution in [0.4, 0.5) is 22.1 Å². The smallest absolute Gasteiger partial charge is 0.333 e. The normalized spacial score (nSPS) is 11.3. The van der Waals surface area contributed by atoms with E-state index in [1.165, 1.54) is 4.90 Å². The van der Waals surface area contributed by atoms with Crippen LogP contribution in [-0.2, 0) is 6.54 Å². The van der Waals surface area contributed by atoms with Gasteiger partial charge in [0.1, 0.15) is 0 Å². The third-order valence-electron chi connectivity index (χ3n) is 6.23. The summed E-state index contributed by atoms with van der Waals surface area (Å²) in [5.74, 6) is 0.758. The van der Waals surface area contributed by atoms with E-state index < -0.39 is 0 Å². The number of rotatable bonds is 13. The Kier molecular flexibility index (Phi) is 10.4. The predicted molar refractivity (Wildman–Crippen MR) is 145 cm³/mol. The Morgan fingerprint density at radius 2 is 1.50 bits per heavy atom. The number of hydrogen-bond donors (Lipinski definition) is 2. The second kappa shape index (κ2) is 13.7. The van der Waals surface area contributed by atoms with Crippen LogP contribution < -0.4 is 10.2 Å². The standard InChI is InChI=1S/C28H40N6O2/c1-21(2)24-17-14-18-25(22(3)4)26(24)29-28(36)34(23-15-10-9-11-16-23)27-30-32-33(31-27)19-12-7-5-6-8-13-20-35/h9-11,14-18,21-22,35H,5-8,12-13,19-20H2,1-4H3,(H,29,36). The molecule has 1 heterocycles. The summed E-state index contributed by atoms with van der Waals surface area (Å²) in [5, 5.41) is 25.0. The number of unbranched alkanes of at least 4 members (excludes halogenated alkanes) is 5. The van der Waals surface area contributed by atoms with Crippen molar-refractivity contribution >= 4 is 23.4 Å². The van der Waals surface area contributed by atoms with Crippen LogP contribution in [0.25, 0.3) is 0 Å². The Labute approximate surface area is 214 Å². The van der Waals surface area contributed by atoms with E-state index in [-0.39, 0.29) is 30.4 Å². The van der Waals surface area contributed by atoms with Gasteiger partial charge in [0.05, 0.1) is 12.2 Å². The molecule has 2 amide bonds. The van der Waals surface area contributed by atoms with Gasteiger partial charge in [0.15, 0.2) is 0 Å². The van der Waals surface area contributed by atoms with E-state index in [1.54, 1.807) is 4.80 Å². The predicted octanol–water partition coefficient (Wildman–Crippen LogP) is 6.62. The number of tetrazole rings is 1. The number of carbonyl (C=O) groups is 1. The molecule has 0 aliphatic carbocycles. The zero-order chi connectivity index (χ0) is 25.9. The third kappa shape index (κ3) is 7.37. The summed E-state index contributed by atoms with van der Waals surface area (Å²) in [7, 11) is 0. The number of aromatic nitrogens is 4. The summed E-state index contributed by atoms with van der Waals surface area (Å²) in [4.78, 5) is 16.8. The van der Waals surface area contributed by atoms with E-state index >= 15 is 0 Å². The molecule has 36 heavy (non-hydrogen) atoms. The van der Waals surface area contributed by atoms with Crippen LogP contribution in [0, 0.1) is 0 Å². The average Bonchev–Trinajstić information content (AvgIpc) is 3.32. The van der Waals surface area contributed by atoms with Crippen LogP contribution in [-0.4, -0.2) is 38.0 Å². The Morgan fingerprint density at radius 3 is 2.11 bits per heavy atom. The van der Waals surface area contributed by atoms with Gasteiger partial charge in [0.2, 0.25) is 0 Å². The number of carbonyl (C=O) groups excluding carboxylic acids is 1. The van der Waals surface area contributed by atoms with E-state index in [9.17, 15) is 4.79 Å². The number of para-hydroxylation sites is 2. The molecule has 0 radical (unpaired) electrons. The molecule has 0 saturated carbocycles. The molecular weight excluding hydrogens is 452 g/mol. The van der Waals surface area contributed by atoms with Crippen molar-refractivity contribution in [2.75, 3.05) is 16.8 Å². The number of amides is 2. The molecule has 0 unspecified atom stereocenters. The van der Waals surface area contributed by atoms with Crippen LogP contribution in [0.3, 0.4) is 0 Å². The topological polar surface area (TPSA) is 96.2 Å². The number of aryl methyl sites for hydroxylation is 1. The molecule has 3 rings (SSSR count). The molecule has 194 valence electrons. The van der Waals surface area contributed by atoms with Gasteiger partial charge in [-0.05, 0) is 53.2 Å². The quantitative estimate of drug-likeness (QED) is 0.261. The van der Waals surface area contributed by atoms with Gasteiger partial charge in [-0.3, -0.25) is 0 Å². The van der Waals surface area contributed by atoms with Crippen molar-refractivity contribution < 1.29 is 9.90 Å². The molecule has 0 bridgehead atoms. The number of urea groups is 1. The molecule has 0 aliphatic rings. The number of hydrogen-bond acceptors (Lipinski definition) is 5. The first-order valence-corrected chi connectivity index (χ1v) is 13.1. The van der Waals surface area contributed by atoms with Gasteiger partial charge < -0.3 is 10.4 Å². The van der Waals surface area contributed by atoms with E-state index in [0.717, 1.165) is 55.3 Å². The molecule has 2 N–H and O–H groups in total. The highest BCUT2D eigenvalue weighted by molar-refractivity contribution is 6.06. The van der Waals surface area contributed by atoms with Gasteiger partial charge in [-0.15, -0.1) is 5.10 Å². The van der Waals surface area contributed by atoms with Crippen molar-refractivity contribution in [1.82, 2.24) is 20.2 Å². The maximum Gasteiger partial charge on any atom is 0.333 e. The molecule has 2 aromatic carbocycles. The second-order valence-electron chi connectivity index (χ2n) is 9.75. The zero-order valence-corrected chi connectivity index (χ0v) is 22.0. The highest BCUT2D eigenvalue weighted by atomic mass is 16.3. The third-order valence-corrected chi connectivity index (χ3v) is 6.23.